The summed E-state index contributed by atoms with van der Waals surface area (Å²) in [6, 6.07) is 19.6. The molecule has 0 saturated heterocycles. The Morgan fingerprint density at radius 2 is 1.89 bits per heavy atom. The molecular weight excluding hydrogens is 318 g/mol. The van der Waals surface area contributed by atoms with Gasteiger partial charge in [-0.05, 0) is 43.3 Å². The maximum absolute atomic E-state index is 3.52. The Balaban J connectivity index is 1.90. The number of hydrogen-bond donors (Lipinski definition) is 1. The molecule has 0 saturated carbocycles. The van der Waals surface area contributed by atoms with E-state index in [-0.39, 0.29) is 0 Å². The Labute approximate surface area is 127 Å². The maximum atomic E-state index is 3.52. The van der Waals surface area contributed by atoms with E-state index in [1.807, 2.05) is 18.8 Å². The summed E-state index contributed by atoms with van der Waals surface area (Å²) in [5.41, 5.74) is 1.36. The summed E-state index contributed by atoms with van der Waals surface area (Å²) in [7, 11) is 2.04. The Hall–Kier alpha value is -0.770. The molecule has 2 aromatic rings. The van der Waals surface area contributed by atoms with Crippen molar-refractivity contribution in [1.82, 2.24) is 5.32 Å². The fourth-order valence-electron chi connectivity index (χ4n) is 1.91. The van der Waals surface area contributed by atoms with Crippen molar-refractivity contribution in [3.05, 3.63) is 64.6 Å². The summed E-state index contributed by atoms with van der Waals surface area (Å²) in [5.74, 6) is 1.08. The van der Waals surface area contributed by atoms with Gasteiger partial charge in [-0.2, -0.15) is 0 Å². The Morgan fingerprint density at radius 1 is 1.11 bits per heavy atom. The normalized spacial score (nSPS) is 12.3. The van der Waals surface area contributed by atoms with Crippen molar-refractivity contribution in [2.45, 2.75) is 17.4 Å². The minimum Gasteiger partial charge on any atom is -0.316 e. The van der Waals surface area contributed by atoms with Gasteiger partial charge in [-0.25, -0.2) is 0 Å². The number of nitrogens with one attached hydrogen (secondary N) is 1. The van der Waals surface area contributed by atoms with Crippen LogP contribution >= 0.6 is 27.7 Å². The van der Waals surface area contributed by atoms with Gasteiger partial charge in [0.25, 0.3) is 0 Å². The molecule has 0 spiro atoms. The second-order valence-electron chi connectivity index (χ2n) is 4.44. The molecule has 3 heteroatoms. The van der Waals surface area contributed by atoms with E-state index < -0.39 is 0 Å². The van der Waals surface area contributed by atoms with E-state index in [2.05, 4.69) is 75.8 Å². The molecule has 0 radical (unpaired) electrons. The van der Waals surface area contributed by atoms with Crippen molar-refractivity contribution < 1.29 is 0 Å². The van der Waals surface area contributed by atoms with Gasteiger partial charge in [0, 0.05) is 21.2 Å². The molecule has 100 valence electrons. The monoisotopic (exact) mass is 335 g/mol. The topological polar surface area (TPSA) is 12.0 Å². The van der Waals surface area contributed by atoms with Crippen molar-refractivity contribution in [1.29, 1.82) is 0 Å². The molecule has 0 aliphatic carbocycles. The minimum absolute atomic E-state index is 0.486. The summed E-state index contributed by atoms with van der Waals surface area (Å²) in [6.45, 7) is 0. The van der Waals surface area contributed by atoms with Gasteiger partial charge in [0.2, 0.25) is 0 Å². The van der Waals surface area contributed by atoms with Crippen LogP contribution in [0.4, 0.5) is 0 Å². The molecule has 0 aliphatic heterocycles. The third-order valence-corrected chi connectivity index (χ3v) is 4.64. The van der Waals surface area contributed by atoms with Crippen molar-refractivity contribution in [2.75, 3.05) is 12.8 Å². The largest absolute Gasteiger partial charge is 0.316 e. The molecule has 0 amide bonds. The van der Waals surface area contributed by atoms with Crippen molar-refractivity contribution in [3.8, 4) is 0 Å². The third kappa shape index (κ3) is 5.01. The third-order valence-electron chi connectivity index (χ3n) is 2.97. The Morgan fingerprint density at radius 3 is 2.58 bits per heavy atom. The van der Waals surface area contributed by atoms with E-state index in [0.717, 1.165) is 16.6 Å². The van der Waals surface area contributed by atoms with Gasteiger partial charge in [-0.1, -0.05) is 46.3 Å². The fourth-order valence-corrected chi connectivity index (χ4v) is 3.38. The highest BCUT2D eigenvalue weighted by molar-refractivity contribution is 9.10. The van der Waals surface area contributed by atoms with Gasteiger partial charge in [0.05, 0.1) is 0 Å². The molecule has 1 N–H and O–H groups in total. The molecule has 0 aliphatic rings. The van der Waals surface area contributed by atoms with Crippen molar-refractivity contribution >= 4 is 27.7 Å². The summed E-state index contributed by atoms with van der Waals surface area (Å²) < 4.78 is 1.15. The van der Waals surface area contributed by atoms with Crippen molar-refractivity contribution in [2.24, 2.45) is 0 Å². The lowest BCUT2D eigenvalue weighted by atomic mass is 10.1. The molecule has 1 unspecified atom stereocenters. The number of thioether (sulfide) groups is 1. The molecule has 0 aromatic heterocycles. The second-order valence-corrected chi connectivity index (χ2v) is 6.45. The number of hydrogen-bond acceptors (Lipinski definition) is 2. The highest BCUT2D eigenvalue weighted by atomic mass is 79.9. The van der Waals surface area contributed by atoms with Crippen LogP contribution in [0.5, 0.6) is 0 Å². The first-order valence-corrected chi connectivity index (χ1v) is 8.15. The summed E-state index contributed by atoms with van der Waals surface area (Å²) in [6.07, 6.45) is 1.05. The summed E-state index contributed by atoms with van der Waals surface area (Å²) >= 11 is 5.43. The fraction of sp³-hybridized carbons (Fsp3) is 0.250. The molecular formula is C16H18BrNS. The van der Waals surface area contributed by atoms with Crippen LogP contribution in [0.25, 0.3) is 0 Å². The molecule has 1 atom stereocenters. The van der Waals surface area contributed by atoms with Crippen LogP contribution < -0.4 is 5.32 Å². The molecule has 0 heterocycles. The molecule has 19 heavy (non-hydrogen) atoms. The average Bonchev–Trinajstić information content (AvgIpc) is 2.44. The van der Waals surface area contributed by atoms with Crippen LogP contribution in [0, 0.1) is 0 Å². The highest BCUT2D eigenvalue weighted by Crippen LogP contribution is 2.20. The summed E-state index contributed by atoms with van der Waals surface area (Å²) in [5, 5.41) is 3.40. The van der Waals surface area contributed by atoms with E-state index in [1.54, 1.807) is 0 Å². The van der Waals surface area contributed by atoms with Crippen LogP contribution in [0.15, 0.2) is 64.0 Å². The van der Waals surface area contributed by atoms with E-state index >= 15 is 0 Å². The molecule has 0 bridgehead atoms. The maximum Gasteiger partial charge on any atom is 0.0199 e. The zero-order valence-corrected chi connectivity index (χ0v) is 13.4. The van der Waals surface area contributed by atoms with Crippen LogP contribution in [0.1, 0.15) is 5.56 Å². The lowest BCUT2D eigenvalue weighted by Gasteiger charge is -2.16. The van der Waals surface area contributed by atoms with Crippen LogP contribution in [-0.4, -0.2) is 18.8 Å². The quantitative estimate of drug-likeness (QED) is 0.786. The standard InChI is InChI=1S/C16H18BrNS/c1-18-15(11-13-6-5-7-14(17)10-13)12-19-16-8-3-2-4-9-16/h2-10,15,18H,11-12H2,1H3. The Bertz CT molecular complexity index is 501. The SMILES string of the molecule is CNC(CSc1ccccc1)Cc1cccc(Br)c1. The second kappa shape index (κ2) is 7.73. The molecule has 1 nitrogen and oxygen atoms in total. The molecule has 2 aromatic carbocycles. The van der Waals surface area contributed by atoms with Crippen LogP contribution in [0.3, 0.4) is 0 Å². The van der Waals surface area contributed by atoms with E-state index in [1.165, 1.54) is 10.5 Å². The highest BCUT2D eigenvalue weighted by Gasteiger charge is 2.08. The number of likely N-dealkylation sites (N-methyl/N-ethyl adjacent to an activating group) is 1. The van der Waals surface area contributed by atoms with Crippen LogP contribution in [0.2, 0.25) is 0 Å². The predicted molar refractivity (Wildman–Crippen MR) is 87.9 cm³/mol. The molecule has 0 fully saturated rings. The van der Waals surface area contributed by atoms with Gasteiger partial charge < -0.3 is 5.32 Å². The van der Waals surface area contributed by atoms with E-state index in [9.17, 15) is 0 Å². The van der Waals surface area contributed by atoms with Gasteiger partial charge in [0.1, 0.15) is 0 Å². The first-order chi connectivity index (χ1) is 9.28. The minimum atomic E-state index is 0.486. The first kappa shape index (κ1) is 14.6. The lowest BCUT2D eigenvalue weighted by Crippen LogP contribution is -2.30. The van der Waals surface area contributed by atoms with Gasteiger partial charge in [-0.3, -0.25) is 0 Å². The van der Waals surface area contributed by atoms with Crippen LogP contribution in [-0.2, 0) is 6.42 Å². The van der Waals surface area contributed by atoms with Crippen molar-refractivity contribution in [3.63, 3.8) is 0 Å². The number of rotatable bonds is 6. The Kier molecular flexibility index (Phi) is 5.95. The predicted octanol–water partition coefficient (Wildman–Crippen LogP) is 4.37. The van der Waals surface area contributed by atoms with E-state index in [0.29, 0.717) is 6.04 Å². The smallest absolute Gasteiger partial charge is 0.0199 e. The number of benzene rings is 2. The van der Waals surface area contributed by atoms with Gasteiger partial charge >= 0.3 is 0 Å². The van der Waals surface area contributed by atoms with E-state index in [4.69, 9.17) is 0 Å². The zero-order chi connectivity index (χ0) is 13.5. The summed E-state index contributed by atoms with van der Waals surface area (Å²) in [4.78, 5) is 1.33. The number of halogens is 1. The first-order valence-electron chi connectivity index (χ1n) is 6.37. The lowest BCUT2D eigenvalue weighted by molar-refractivity contribution is 0.617. The molecule has 2 rings (SSSR count). The average molecular weight is 336 g/mol. The van der Waals surface area contributed by atoms with Gasteiger partial charge in [-0.15, -0.1) is 11.8 Å². The zero-order valence-electron chi connectivity index (χ0n) is 11.0. The van der Waals surface area contributed by atoms with Gasteiger partial charge in [0.15, 0.2) is 0 Å².